The normalized spacial score (nSPS) is 44.5. The summed E-state index contributed by atoms with van der Waals surface area (Å²) >= 11 is 0. The van der Waals surface area contributed by atoms with Crippen molar-refractivity contribution in [3.05, 3.63) is 0 Å². The van der Waals surface area contributed by atoms with Gasteiger partial charge in [-0.25, -0.2) is 4.57 Å². The Hall–Kier alpha value is -0.330. The minimum atomic E-state index is -4.64. The standard InChI is InChI=1S/C12H22O11.H3O4P/c13-1-3-5(15)6(16)9(19)12(22-3)23-10-4(2-14)21-11(20)8(18)7(10)17;1-5(2,3)4/h3-20H,1-2H2;(H3,1,2,3,4)/t3-,4-,5+,6+,7-,8-,9-,10-,11?,12+;/m1./s1. The van der Waals surface area contributed by atoms with Gasteiger partial charge in [-0.3, -0.25) is 0 Å². The van der Waals surface area contributed by atoms with E-state index >= 15 is 0 Å². The molecule has 16 heteroatoms. The molecule has 0 bridgehead atoms. The van der Waals surface area contributed by atoms with Gasteiger partial charge in [-0.05, 0) is 0 Å². The topological polar surface area (TPSA) is 267 Å². The molecule has 2 aliphatic heterocycles. The molecular formula is C12H25O15P. The molecule has 0 aromatic rings. The maximum absolute atomic E-state index is 9.94. The fourth-order valence-corrected chi connectivity index (χ4v) is 2.57. The summed E-state index contributed by atoms with van der Waals surface area (Å²) in [5, 5.41) is 76.5. The van der Waals surface area contributed by atoms with Gasteiger partial charge in [0.05, 0.1) is 13.2 Å². The number of phosphoric acid groups is 1. The molecule has 168 valence electrons. The molecule has 2 fully saturated rings. The Balaban J connectivity index is 0.000000696. The van der Waals surface area contributed by atoms with Crippen molar-refractivity contribution in [1.82, 2.24) is 0 Å². The van der Waals surface area contributed by atoms with Crippen LogP contribution >= 0.6 is 7.82 Å². The summed E-state index contributed by atoms with van der Waals surface area (Å²) in [5.74, 6) is 0. The molecule has 10 atom stereocenters. The van der Waals surface area contributed by atoms with Crippen molar-refractivity contribution in [3.63, 3.8) is 0 Å². The van der Waals surface area contributed by atoms with Crippen LogP contribution in [-0.2, 0) is 18.8 Å². The Labute approximate surface area is 157 Å². The lowest BCUT2D eigenvalue weighted by molar-refractivity contribution is -0.355. The van der Waals surface area contributed by atoms with Gasteiger partial charge >= 0.3 is 7.82 Å². The van der Waals surface area contributed by atoms with Gasteiger partial charge in [-0.15, -0.1) is 0 Å². The number of hydrogen-bond acceptors (Lipinski definition) is 12. The largest absolute Gasteiger partial charge is 0.466 e. The van der Waals surface area contributed by atoms with Gasteiger partial charge in [0, 0.05) is 0 Å². The summed E-state index contributed by atoms with van der Waals surface area (Å²) in [6.45, 7) is -1.35. The fourth-order valence-electron chi connectivity index (χ4n) is 2.57. The zero-order valence-corrected chi connectivity index (χ0v) is 15.1. The summed E-state index contributed by atoms with van der Waals surface area (Å²) < 4.78 is 24.1. The van der Waals surface area contributed by atoms with Crippen LogP contribution in [0.15, 0.2) is 0 Å². The predicted molar refractivity (Wildman–Crippen MR) is 82.9 cm³/mol. The third-order valence-electron chi connectivity index (χ3n) is 3.98. The fraction of sp³-hybridized carbons (Fsp3) is 1.00. The number of aliphatic hydroxyl groups excluding tert-OH is 8. The minimum absolute atomic E-state index is 0.667. The molecule has 15 nitrogen and oxygen atoms in total. The highest BCUT2D eigenvalue weighted by Gasteiger charge is 2.50. The smallest absolute Gasteiger partial charge is 0.394 e. The van der Waals surface area contributed by atoms with Crippen LogP contribution in [0.5, 0.6) is 0 Å². The zero-order valence-electron chi connectivity index (χ0n) is 14.2. The Kier molecular flexibility index (Phi) is 9.75. The lowest BCUT2D eigenvalue weighted by Crippen LogP contribution is -2.64. The SMILES string of the molecule is O=P(O)(O)O.OC[C@H]1O[C@@H](O[C@H]2[C@H](O)[C@@H](O)C(O)O[C@@H]2CO)[C@H](O)[C@@H](O)[C@H]1O. The van der Waals surface area contributed by atoms with E-state index in [0.717, 1.165) is 0 Å². The Morgan fingerprint density at radius 2 is 1.21 bits per heavy atom. The van der Waals surface area contributed by atoms with Gasteiger partial charge < -0.3 is 69.7 Å². The molecule has 0 aromatic heterocycles. The molecule has 28 heavy (non-hydrogen) atoms. The number of ether oxygens (including phenoxy) is 3. The Bertz CT molecular complexity index is 503. The van der Waals surface area contributed by atoms with Crippen LogP contribution < -0.4 is 0 Å². The van der Waals surface area contributed by atoms with Crippen molar-refractivity contribution < 1.29 is 74.3 Å². The van der Waals surface area contributed by atoms with Crippen LogP contribution in [0.4, 0.5) is 0 Å². The molecule has 0 aromatic carbocycles. The first-order valence-corrected chi connectivity index (χ1v) is 9.43. The highest BCUT2D eigenvalue weighted by Crippen LogP contribution is 2.28. The van der Waals surface area contributed by atoms with E-state index in [0.29, 0.717) is 0 Å². The van der Waals surface area contributed by atoms with E-state index in [2.05, 4.69) is 0 Å². The van der Waals surface area contributed by atoms with Gasteiger partial charge in [0.1, 0.15) is 48.8 Å². The molecular weight excluding hydrogens is 415 g/mol. The molecule has 2 aliphatic rings. The average Bonchev–Trinajstić information content (AvgIpc) is 2.60. The highest BCUT2D eigenvalue weighted by molar-refractivity contribution is 7.45. The second-order valence-electron chi connectivity index (χ2n) is 6.04. The van der Waals surface area contributed by atoms with Gasteiger partial charge in [0.15, 0.2) is 12.6 Å². The molecule has 0 spiro atoms. The molecule has 0 aliphatic carbocycles. The van der Waals surface area contributed by atoms with Gasteiger partial charge in [0.25, 0.3) is 0 Å². The molecule has 2 rings (SSSR count). The Morgan fingerprint density at radius 3 is 1.68 bits per heavy atom. The first-order chi connectivity index (χ1) is 12.8. The first-order valence-electron chi connectivity index (χ1n) is 7.86. The molecule has 1 unspecified atom stereocenters. The van der Waals surface area contributed by atoms with Crippen molar-refractivity contribution in [2.75, 3.05) is 13.2 Å². The quantitative estimate of drug-likeness (QED) is 0.181. The van der Waals surface area contributed by atoms with E-state index < -0.39 is 82.4 Å². The molecule has 0 radical (unpaired) electrons. The van der Waals surface area contributed by atoms with E-state index in [1.807, 2.05) is 0 Å². The van der Waals surface area contributed by atoms with Crippen LogP contribution in [0.1, 0.15) is 0 Å². The molecule has 2 saturated heterocycles. The third kappa shape index (κ3) is 6.88. The summed E-state index contributed by atoms with van der Waals surface area (Å²) in [4.78, 5) is 21.6. The van der Waals surface area contributed by atoms with Crippen molar-refractivity contribution in [2.24, 2.45) is 0 Å². The maximum atomic E-state index is 9.94. The Morgan fingerprint density at radius 1 is 0.714 bits per heavy atom. The van der Waals surface area contributed by atoms with E-state index in [9.17, 15) is 35.7 Å². The van der Waals surface area contributed by atoms with Gasteiger partial charge in [0.2, 0.25) is 0 Å². The van der Waals surface area contributed by atoms with Crippen LogP contribution in [0.3, 0.4) is 0 Å². The van der Waals surface area contributed by atoms with Gasteiger partial charge in [-0.2, -0.15) is 0 Å². The van der Waals surface area contributed by atoms with Crippen molar-refractivity contribution in [2.45, 2.75) is 61.4 Å². The highest BCUT2D eigenvalue weighted by atomic mass is 31.2. The number of aliphatic hydroxyl groups is 8. The van der Waals surface area contributed by atoms with Gasteiger partial charge in [-0.1, -0.05) is 0 Å². The molecule has 2 heterocycles. The summed E-state index contributed by atoms with van der Waals surface area (Å²) in [6.07, 6.45) is -15.6. The van der Waals surface area contributed by atoms with Crippen molar-refractivity contribution >= 4 is 7.82 Å². The van der Waals surface area contributed by atoms with E-state index in [-0.39, 0.29) is 0 Å². The summed E-state index contributed by atoms with van der Waals surface area (Å²) in [6, 6.07) is 0. The molecule has 0 saturated carbocycles. The molecule has 0 amide bonds. The van der Waals surface area contributed by atoms with Crippen molar-refractivity contribution in [1.29, 1.82) is 0 Å². The van der Waals surface area contributed by atoms with E-state index in [1.54, 1.807) is 0 Å². The minimum Gasteiger partial charge on any atom is -0.394 e. The molecule has 11 N–H and O–H groups in total. The van der Waals surface area contributed by atoms with Crippen LogP contribution in [0.2, 0.25) is 0 Å². The lowest BCUT2D eigenvalue weighted by atomic mass is 9.97. The third-order valence-corrected chi connectivity index (χ3v) is 3.98. The second-order valence-corrected chi connectivity index (χ2v) is 7.07. The van der Waals surface area contributed by atoms with Crippen LogP contribution in [0, 0.1) is 0 Å². The van der Waals surface area contributed by atoms with E-state index in [4.69, 9.17) is 38.6 Å². The predicted octanol–water partition coefficient (Wildman–Crippen LogP) is -6.33. The monoisotopic (exact) mass is 440 g/mol. The average molecular weight is 440 g/mol. The van der Waals surface area contributed by atoms with Crippen LogP contribution in [-0.4, -0.2) is 130 Å². The first kappa shape index (κ1) is 25.7. The zero-order chi connectivity index (χ0) is 21.8. The van der Waals surface area contributed by atoms with Crippen molar-refractivity contribution in [3.8, 4) is 0 Å². The lowest BCUT2D eigenvalue weighted by Gasteiger charge is -2.45. The number of hydrogen-bond donors (Lipinski definition) is 11. The second kappa shape index (κ2) is 10.6. The van der Waals surface area contributed by atoms with E-state index in [1.165, 1.54) is 0 Å². The maximum Gasteiger partial charge on any atom is 0.466 e. The number of rotatable bonds is 4. The summed E-state index contributed by atoms with van der Waals surface area (Å²) in [5.41, 5.74) is 0. The van der Waals surface area contributed by atoms with Crippen LogP contribution in [0.25, 0.3) is 0 Å². The summed E-state index contributed by atoms with van der Waals surface area (Å²) in [7, 11) is -4.64.